The fraction of sp³-hybridized carbons (Fsp3) is 0.200. The first kappa shape index (κ1) is 13.8. The fourth-order valence-corrected chi connectivity index (χ4v) is 3.46. The van der Waals surface area contributed by atoms with Gasteiger partial charge in [-0.15, -0.1) is 0 Å². The summed E-state index contributed by atoms with van der Waals surface area (Å²) in [5.74, 6) is -0.147. The third-order valence-corrected chi connectivity index (χ3v) is 4.82. The van der Waals surface area contributed by atoms with Gasteiger partial charge >= 0.3 is 0 Å². The SMILES string of the molecule is Cc1cccc(C(Br)Cc2ccccc2F)c1Br. The van der Waals surface area contributed by atoms with Crippen molar-refractivity contribution in [3.63, 3.8) is 0 Å². The molecular weight excluding hydrogens is 359 g/mol. The van der Waals surface area contributed by atoms with Gasteiger partial charge in [-0.2, -0.15) is 0 Å². The molecule has 0 saturated carbocycles. The smallest absolute Gasteiger partial charge is 0.126 e. The third-order valence-electron chi connectivity index (χ3n) is 2.92. The molecule has 0 nitrogen and oxygen atoms in total. The molecule has 0 amide bonds. The van der Waals surface area contributed by atoms with E-state index in [9.17, 15) is 4.39 Å². The summed E-state index contributed by atoms with van der Waals surface area (Å²) in [6, 6.07) is 13.0. The van der Waals surface area contributed by atoms with Gasteiger partial charge in [0.1, 0.15) is 5.82 Å². The molecule has 0 aliphatic rings. The van der Waals surface area contributed by atoms with Crippen LogP contribution >= 0.6 is 31.9 Å². The number of hydrogen-bond acceptors (Lipinski definition) is 0. The second-order valence-corrected chi connectivity index (χ2v) is 6.14. The Morgan fingerprint density at radius 2 is 1.83 bits per heavy atom. The molecule has 2 rings (SSSR count). The van der Waals surface area contributed by atoms with Crippen molar-refractivity contribution in [3.8, 4) is 0 Å². The summed E-state index contributed by atoms with van der Waals surface area (Å²) in [5, 5.41) is 0. The van der Waals surface area contributed by atoms with Crippen LogP contribution in [0.1, 0.15) is 21.5 Å². The summed E-state index contributed by atoms with van der Waals surface area (Å²) < 4.78 is 14.7. The maximum absolute atomic E-state index is 13.6. The summed E-state index contributed by atoms with van der Waals surface area (Å²) in [7, 11) is 0. The lowest BCUT2D eigenvalue weighted by Crippen LogP contribution is -1.99. The number of benzene rings is 2. The molecule has 0 fully saturated rings. The molecule has 0 radical (unpaired) electrons. The molecule has 0 aliphatic heterocycles. The zero-order chi connectivity index (χ0) is 13.1. The standard InChI is InChI=1S/C15H13Br2F/c1-10-5-4-7-12(15(10)17)13(16)9-11-6-2-3-8-14(11)18/h2-8,13H,9H2,1H3. The first-order valence-corrected chi connectivity index (χ1v) is 7.43. The summed E-state index contributed by atoms with van der Waals surface area (Å²) >= 11 is 7.23. The lowest BCUT2D eigenvalue weighted by Gasteiger charge is -2.14. The summed E-state index contributed by atoms with van der Waals surface area (Å²) in [6.45, 7) is 2.05. The van der Waals surface area contributed by atoms with E-state index >= 15 is 0 Å². The highest BCUT2D eigenvalue weighted by Crippen LogP contribution is 2.34. The summed E-state index contributed by atoms with van der Waals surface area (Å²) in [4.78, 5) is 0.101. The van der Waals surface area contributed by atoms with Crippen molar-refractivity contribution in [2.75, 3.05) is 0 Å². The molecule has 1 unspecified atom stereocenters. The molecule has 94 valence electrons. The Bertz CT molecular complexity index is 552. The van der Waals surface area contributed by atoms with Gasteiger partial charge in [-0.3, -0.25) is 0 Å². The van der Waals surface area contributed by atoms with Gasteiger partial charge in [0.15, 0.2) is 0 Å². The molecule has 0 spiro atoms. The van der Waals surface area contributed by atoms with E-state index in [0.717, 1.165) is 15.6 Å². The lowest BCUT2D eigenvalue weighted by atomic mass is 10.0. The quantitative estimate of drug-likeness (QED) is 0.618. The van der Waals surface area contributed by atoms with Crippen LogP contribution in [0.4, 0.5) is 4.39 Å². The lowest BCUT2D eigenvalue weighted by molar-refractivity contribution is 0.608. The minimum atomic E-state index is -0.147. The van der Waals surface area contributed by atoms with Gasteiger partial charge in [-0.05, 0) is 36.1 Å². The highest BCUT2D eigenvalue weighted by atomic mass is 79.9. The predicted octanol–water partition coefficient (Wildman–Crippen LogP) is 5.58. The van der Waals surface area contributed by atoms with Crippen molar-refractivity contribution in [3.05, 3.63) is 69.4 Å². The van der Waals surface area contributed by atoms with E-state index in [1.54, 1.807) is 6.07 Å². The Balaban J connectivity index is 2.25. The fourth-order valence-electron chi connectivity index (χ4n) is 1.88. The molecule has 18 heavy (non-hydrogen) atoms. The van der Waals surface area contributed by atoms with E-state index in [2.05, 4.69) is 50.9 Å². The van der Waals surface area contributed by atoms with Crippen molar-refractivity contribution < 1.29 is 4.39 Å². The Kier molecular flexibility index (Phi) is 4.57. The molecule has 2 aromatic carbocycles. The molecule has 0 aliphatic carbocycles. The van der Waals surface area contributed by atoms with E-state index in [0.29, 0.717) is 6.42 Å². The van der Waals surface area contributed by atoms with Gasteiger partial charge in [0.2, 0.25) is 0 Å². The number of hydrogen-bond donors (Lipinski definition) is 0. The van der Waals surface area contributed by atoms with E-state index < -0.39 is 0 Å². The second-order valence-electron chi connectivity index (χ2n) is 4.24. The van der Waals surface area contributed by atoms with Crippen LogP contribution in [-0.2, 0) is 6.42 Å². The molecule has 0 heterocycles. The minimum Gasteiger partial charge on any atom is -0.207 e. The number of halogens is 3. The molecule has 1 atom stereocenters. The highest BCUT2D eigenvalue weighted by Gasteiger charge is 2.14. The van der Waals surface area contributed by atoms with Crippen LogP contribution in [0.2, 0.25) is 0 Å². The second kappa shape index (κ2) is 5.98. The summed E-state index contributed by atoms with van der Waals surface area (Å²) in [6.07, 6.45) is 0.634. The number of aryl methyl sites for hydroxylation is 1. The molecule has 3 heteroatoms. The topological polar surface area (TPSA) is 0 Å². The van der Waals surface area contributed by atoms with Crippen molar-refractivity contribution in [1.29, 1.82) is 0 Å². The van der Waals surface area contributed by atoms with Gasteiger partial charge in [0.25, 0.3) is 0 Å². The van der Waals surface area contributed by atoms with Gasteiger partial charge in [0, 0.05) is 9.30 Å². The highest BCUT2D eigenvalue weighted by molar-refractivity contribution is 9.11. The normalized spacial score (nSPS) is 12.4. The van der Waals surface area contributed by atoms with E-state index in [4.69, 9.17) is 0 Å². The maximum Gasteiger partial charge on any atom is 0.126 e. The number of rotatable bonds is 3. The van der Waals surface area contributed by atoms with E-state index in [1.807, 2.05) is 18.2 Å². The van der Waals surface area contributed by atoms with Crippen molar-refractivity contribution in [1.82, 2.24) is 0 Å². The first-order chi connectivity index (χ1) is 8.59. The molecule has 2 aromatic rings. The average molecular weight is 372 g/mol. The minimum absolute atomic E-state index is 0.101. The van der Waals surface area contributed by atoms with Crippen LogP contribution in [0.5, 0.6) is 0 Å². The Morgan fingerprint density at radius 3 is 2.56 bits per heavy atom. The van der Waals surface area contributed by atoms with Crippen LogP contribution in [0.3, 0.4) is 0 Å². The van der Waals surface area contributed by atoms with Crippen LogP contribution in [0.15, 0.2) is 46.9 Å². The zero-order valence-corrected chi connectivity index (χ0v) is 13.1. The summed E-state index contributed by atoms with van der Waals surface area (Å²) in [5.41, 5.74) is 3.07. The van der Waals surface area contributed by atoms with Crippen molar-refractivity contribution >= 4 is 31.9 Å². The van der Waals surface area contributed by atoms with Gasteiger partial charge in [-0.25, -0.2) is 4.39 Å². The Morgan fingerprint density at radius 1 is 1.11 bits per heavy atom. The molecule has 0 bridgehead atoms. The molecule has 0 N–H and O–H groups in total. The van der Waals surface area contributed by atoms with Crippen molar-refractivity contribution in [2.24, 2.45) is 0 Å². The predicted molar refractivity (Wildman–Crippen MR) is 80.7 cm³/mol. The van der Waals surface area contributed by atoms with Gasteiger partial charge < -0.3 is 0 Å². The van der Waals surface area contributed by atoms with Crippen LogP contribution in [-0.4, -0.2) is 0 Å². The number of alkyl halides is 1. The maximum atomic E-state index is 13.6. The Hall–Kier alpha value is -0.670. The molecule has 0 saturated heterocycles. The monoisotopic (exact) mass is 370 g/mol. The zero-order valence-electron chi connectivity index (χ0n) is 9.96. The molecular formula is C15H13Br2F. The Labute approximate surface area is 123 Å². The van der Waals surface area contributed by atoms with Crippen LogP contribution < -0.4 is 0 Å². The van der Waals surface area contributed by atoms with Crippen molar-refractivity contribution in [2.45, 2.75) is 18.2 Å². The van der Waals surface area contributed by atoms with Crippen LogP contribution in [0.25, 0.3) is 0 Å². The largest absolute Gasteiger partial charge is 0.207 e. The van der Waals surface area contributed by atoms with E-state index in [1.165, 1.54) is 11.6 Å². The van der Waals surface area contributed by atoms with Crippen LogP contribution in [0, 0.1) is 12.7 Å². The first-order valence-electron chi connectivity index (χ1n) is 5.72. The third kappa shape index (κ3) is 3.01. The average Bonchev–Trinajstić information content (AvgIpc) is 2.35. The van der Waals surface area contributed by atoms with E-state index in [-0.39, 0.29) is 10.6 Å². The van der Waals surface area contributed by atoms with Gasteiger partial charge in [-0.1, -0.05) is 68.3 Å². The van der Waals surface area contributed by atoms with Gasteiger partial charge in [0.05, 0.1) is 0 Å². The molecule has 0 aromatic heterocycles.